The molecule has 8 amide bonds. The summed E-state index contributed by atoms with van der Waals surface area (Å²) in [5.41, 5.74) is 15.8. The molecule has 0 bridgehead atoms. The minimum absolute atomic E-state index is 0.00240. The second-order valence-corrected chi connectivity index (χ2v) is 29.6. The Hall–Kier alpha value is -6.30. The summed E-state index contributed by atoms with van der Waals surface area (Å²) < 4.78 is 7.01. The van der Waals surface area contributed by atoms with Gasteiger partial charge in [-0.2, -0.15) is 0 Å². The topological polar surface area (TPSA) is 204 Å². The van der Waals surface area contributed by atoms with Crippen LogP contribution in [0.5, 0.6) is 0 Å². The van der Waals surface area contributed by atoms with Crippen molar-refractivity contribution >= 4 is 236 Å². The lowest BCUT2D eigenvalue weighted by Gasteiger charge is -2.24. The Morgan fingerprint density at radius 2 is 0.891 bits per heavy atom. The van der Waals surface area contributed by atoms with E-state index in [0.29, 0.717) is 85.3 Å². The van der Waals surface area contributed by atoms with Crippen molar-refractivity contribution in [2.45, 2.75) is 63.6 Å². The number of anilines is 5. The molecule has 3 unspecified atom stereocenters. The molecule has 3 aliphatic carbocycles. The van der Waals surface area contributed by atoms with Crippen LogP contribution in [-0.4, -0.2) is 83.6 Å². The summed E-state index contributed by atoms with van der Waals surface area (Å²) in [5, 5.41) is 13.2. The van der Waals surface area contributed by atoms with Crippen molar-refractivity contribution in [3.8, 4) is 0 Å². The van der Waals surface area contributed by atoms with Gasteiger partial charge >= 0.3 is 18.0 Å². The number of carbonyl (C=O) groups excluding carboxylic acids is 7. The number of nitrogens with zero attached hydrogens (tertiary/aromatic N) is 4. The third kappa shape index (κ3) is 21.7. The van der Waals surface area contributed by atoms with E-state index in [0.717, 1.165) is 79.5 Å². The normalized spacial score (nSPS) is 16.3. The molecule has 2 saturated heterocycles. The first-order valence-electron chi connectivity index (χ1n) is 30.9. The highest BCUT2D eigenvalue weighted by molar-refractivity contribution is 9.10. The van der Waals surface area contributed by atoms with Gasteiger partial charge in [-0.05, 0) is 206 Å². The first-order valence-corrected chi connectivity index (χ1v) is 36.8. The molecule has 8 aromatic rings. The Balaban J connectivity index is 0.000000155. The fraction of sp³-hybridized carbons (Fsp3) is 0.208. The average molecular weight is 1710 g/mol. The van der Waals surface area contributed by atoms with Crippen LogP contribution in [0, 0.1) is 0 Å². The summed E-state index contributed by atoms with van der Waals surface area (Å²) >= 11 is 70.8. The minimum atomic E-state index is -0.386. The van der Waals surface area contributed by atoms with Crippen molar-refractivity contribution in [3.05, 3.63) is 250 Å². The van der Waals surface area contributed by atoms with Crippen LogP contribution >= 0.6 is 159 Å². The molecule has 0 radical (unpaired) electrons. The predicted molar refractivity (Wildman–Crippen MR) is 415 cm³/mol. The SMILES string of the molecule is CCOC(=O)/C=C/c1ccc2c(c1)CCC2N1CC(=O)N(c2cc(Cl)cc(Cl)c2)C1=O.Nc1cc(Cl)cc(Cl)c1.O=C(CCl)Nc1cc(Cl)cc(Cl)c1.O=C(CNC1CCc2cc(Br)ccc21)Nc1cc(Cl)cc(Cl)c1.O=C1CN(C2CCc3cc(Br)ccc32)C(=O)N1c1cc(Cl)cc(Cl)c1. The first-order chi connectivity index (χ1) is 48.1. The van der Waals surface area contributed by atoms with Gasteiger partial charge in [-0.15, -0.1) is 11.6 Å². The fourth-order valence-electron chi connectivity index (χ4n) is 11.9. The summed E-state index contributed by atoms with van der Waals surface area (Å²) in [5.74, 6) is -1.47. The Morgan fingerprint density at radius 1 is 0.505 bits per heavy atom. The van der Waals surface area contributed by atoms with Crippen LogP contribution in [0.1, 0.15) is 83.3 Å². The number of amides is 8. The highest BCUT2D eigenvalue weighted by Gasteiger charge is 2.45. The van der Waals surface area contributed by atoms with E-state index >= 15 is 0 Å². The number of imide groups is 2. The predicted octanol–water partition coefficient (Wildman–Crippen LogP) is 21.0. The Labute approximate surface area is 654 Å². The van der Waals surface area contributed by atoms with Crippen molar-refractivity contribution in [2.75, 3.05) is 58.3 Å². The molecule has 2 fully saturated rings. The van der Waals surface area contributed by atoms with Crippen molar-refractivity contribution in [3.63, 3.8) is 0 Å². The first kappa shape index (κ1) is 78.8. The van der Waals surface area contributed by atoms with Gasteiger partial charge in [-0.25, -0.2) is 24.2 Å². The second kappa shape index (κ2) is 36.4. The second-order valence-electron chi connectivity index (χ2n) is 23.1. The molecule has 5 N–H and O–H groups in total. The van der Waals surface area contributed by atoms with Crippen LogP contribution in [0.4, 0.5) is 38.0 Å². The molecule has 2 heterocycles. The van der Waals surface area contributed by atoms with Gasteiger partial charge in [0.25, 0.3) is 11.8 Å². The lowest BCUT2D eigenvalue weighted by atomic mass is 10.0. The largest absolute Gasteiger partial charge is 0.463 e. The van der Waals surface area contributed by atoms with Gasteiger partial charge in [0.15, 0.2) is 0 Å². The number of nitrogens with one attached hydrogen (secondary N) is 3. The molecular formula is C72H59Br2Cl11N8O8. The summed E-state index contributed by atoms with van der Waals surface area (Å²) in [7, 11) is 0. The quantitative estimate of drug-likeness (QED) is 0.0283. The van der Waals surface area contributed by atoms with Crippen LogP contribution < -0.4 is 31.5 Å². The number of alkyl halides is 1. The molecule has 2 aliphatic heterocycles. The average Bonchev–Trinajstić information content (AvgIpc) is 1.62. The molecular weight excluding hydrogens is 1650 g/mol. The van der Waals surface area contributed by atoms with E-state index < -0.39 is 0 Å². The van der Waals surface area contributed by atoms with Gasteiger partial charge in [-0.3, -0.25) is 19.2 Å². The maximum Gasteiger partial charge on any atom is 0.332 e. The molecule has 526 valence electrons. The van der Waals surface area contributed by atoms with Crippen LogP contribution in [0.2, 0.25) is 50.2 Å². The lowest BCUT2D eigenvalue weighted by molar-refractivity contribution is -0.137. The number of urea groups is 2. The molecule has 13 rings (SSSR count). The van der Waals surface area contributed by atoms with E-state index in [9.17, 15) is 33.6 Å². The van der Waals surface area contributed by atoms with Crippen molar-refractivity contribution in [1.82, 2.24) is 15.1 Å². The van der Waals surface area contributed by atoms with Crippen LogP contribution in [-0.2, 0) is 48.0 Å². The highest BCUT2D eigenvalue weighted by atomic mass is 79.9. The number of benzene rings is 8. The molecule has 0 aromatic heterocycles. The van der Waals surface area contributed by atoms with Crippen LogP contribution in [0.15, 0.2) is 161 Å². The van der Waals surface area contributed by atoms with E-state index in [1.807, 2.05) is 36.4 Å². The fourth-order valence-corrected chi connectivity index (χ4v) is 15.4. The minimum Gasteiger partial charge on any atom is -0.463 e. The summed E-state index contributed by atoms with van der Waals surface area (Å²) in [6, 6.07) is 41.5. The van der Waals surface area contributed by atoms with Crippen LogP contribution in [0.25, 0.3) is 6.08 Å². The van der Waals surface area contributed by atoms with Gasteiger partial charge in [-0.1, -0.05) is 178 Å². The third-order valence-electron chi connectivity index (χ3n) is 16.0. The molecule has 16 nitrogen and oxygen atoms in total. The van der Waals surface area contributed by atoms with Crippen molar-refractivity contribution in [1.29, 1.82) is 0 Å². The molecule has 0 saturated carbocycles. The maximum absolute atomic E-state index is 13.1. The number of nitrogen functional groups attached to an aromatic ring is 1. The Morgan fingerprint density at radius 3 is 1.33 bits per heavy atom. The number of hydrogen-bond donors (Lipinski definition) is 4. The Bertz CT molecular complexity index is 4410. The standard InChI is InChI=1S/C23H20Cl2N2O4.C18H13BrCl2N2O2.C17H15BrCl2N2O.C8H6Cl3NO.C6H5Cl2N/c1-2-31-22(29)8-4-14-3-6-19-15(9-14)5-7-20(19)26-13-21(28)27(23(26)30)18-11-16(24)10-17(25)12-18;19-11-2-3-15-10(5-11)1-4-16(15)22-9-17(24)23(18(22)25)14-7-12(20)6-13(21)8-14;18-11-2-3-15-10(5-11)1-4-16(15)21-9-17(23)22-14-7-12(19)6-13(20)8-14;9-4-8(13)12-7-2-5(10)1-6(11)3-7;7-4-1-5(8)3-6(9)2-4/h3-4,6,8-12,20H,2,5,7,13H2,1H3;2-3,5-8,16H,1,4,9H2;2-3,5-8,16,21H,1,4,9H2,(H,22,23);1-3H,4H2,(H,12,13);1-3H,9H2/b8-4+;;;;. The molecule has 0 spiro atoms. The molecule has 8 aromatic carbocycles. The summed E-state index contributed by atoms with van der Waals surface area (Å²) in [6.45, 7) is 2.38. The van der Waals surface area contributed by atoms with Crippen molar-refractivity contribution < 1.29 is 38.3 Å². The zero-order chi connectivity index (χ0) is 72.9. The lowest BCUT2D eigenvalue weighted by Crippen LogP contribution is -2.34. The van der Waals surface area contributed by atoms with Crippen LogP contribution in [0.3, 0.4) is 0 Å². The Kier molecular flexibility index (Phi) is 28.4. The number of nitrogens with two attached hydrogens (primary N) is 1. The number of esters is 1. The zero-order valence-electron chi connectivity index (χ0n) is 53.1. The van der Waals surface area contributed by atoms with E-state index in [1.54, 1.807) is 114 Å². The van der Waals surface area contributed by atoms with Gasteiger partial charge in [0, 0.05) is 88.4 Å². The molecule has 29 heteroatoms. The zero-order valence-corrected chi connectivity index (χ0v) is 64.6. The van der Waals surface area contributed by atoms with Gasteiger partial charge < -0.3 is 36.2 Å². The monoisotopic (exact) mass is 1710 g/mol. The summed E-state index contributed by atoms with van der Waals surface area (Å²) in [4.78, 5) is 91.3. The molecule has 3 atom stereocenters. The van der Waals surface area contributed by atoms with Crippen molar-refractivity contribution in [2.24, 2.45) is 0 Å². The number of aryl methyl sites for hydroxylation is 3. The van der Waals surface area contributed by atoms with Gasteiger partial charge in [0.05, 0.1) is 36.6 Å². The highest BCUT2D eigenvalue weighted by Crippen LogP contribution is 2.43. The van der Waals surface area contributed by atoms with E-state index in [2.05, 4.69) is 66.0 Å². The smallest absolute Gasteiger partial charge is 0.332 e. The molecule has 5 aliphatic rings. The number of carbonyl (C=O) groups is 7. The van der Waals surface area contributed by atoms with Gasteiger partial charge in [0.2, 0.25) is 11.8 Å². The number of ether oxygens (including phenoxy) is 1. The maximum atomic E-state index is 13.1. The van der Waals surface area contributed by atoms with E-state index in [-0.39, 0.29) is 85.3 Å². The number of fused-ring (bicyclic) bond motifs is 3. The summed E-state index contributed by atoms with van der Waals surface area (Å²) in [6.07, 6.45) is 8.34. The number of hydrogen-bond acceptors (Lipinski definition) is 10. The van der Waals surface area contributed by atoms with E-state index in [4.69, 9.17) is 138 Å². The molecule has 101 heavy (non-hydrogen) atoms. The third-order valence-corrected chi connectivity index (χ3v) is 19.4. The number of rotatable bonds is 13. The number of halogens is 13. The van der Waals surface area contributed by atoms with Gasteiger partial charge in [0.1, 0.15) is 19.0 Å². The van der Waals surface area contributed by atoms with E-state index in [1.165, 1.54) is 22.8 Å².